The molecule has 2 aliphatic carbocycles. The minimum absolute atomic E-state index is 0.0853. The Labute approximate surface area is 106 Å². The molecular weight excluding hydrogens is 212 g/mol. The first-order valence-corrected chi connectivity index (χ1v) is 7.45. The third-order valence-electron chi connectivity index (χ3n) is 4.77. The Morgan fingerprint density at radius 2 is 1.94 bits per heavy atom. The van der Waals surface area contributed by atoms with E-state index in [1.165, 1.54) is 44.9 Å². The van der Waals surface area contributed by atoms with Crippen LogP contribution in [0.3, 0.4) is 0 Å². The molecule has 0 aromatic rings. The highest BCUT2D eigenvalue weighted by Gasteiger charge is 2.54. The van der Waals surface area contributed by atoms with Crippen LogP contribution in [0.15, 0.2) is 0 Å². The molecule has 17 heavy (non-hydrogen) atoms. The average Bonchev–Trinajstić information content (AvgIpc) is 2.34. The van der Waals surface area contributed by atoms with Crippen LogP contribution in [0.1, 0.15) is 65.2 Å². The average molecular weight is 240 g/mol. The van der Waals surface area contributed by atoms with Gasteiger partial charge in [-0.15, -0.1) is 0 Å². The predicted octanol–water partition coefficient (Wildman–Crippen LogP) is 3.52. The number of hydrogen-bond donors (Lipinski definition) is 1. The van der Waals surface area contributed by atoms with Crippen molar-refractivity contribution in [3.63, 3.8) is 0 Å². The van der Waals surface area contributed by atoms with Crippen LogP contribution in [-0.4, -0.2) is 23.9 Å². The van der Waals surface area contributed by atoms with Gasteiger partial charge in [0.25, 0.3) is 0 Å². The van der Waals surface area contributed by atoms with E-state index in [1.54, 1.807) is 0 Å². The molecule has 100 valence electrons. The number of hydrogen-bond acceptors (Lipinski definition) is 2. The van der Waals surface area contributed by atoms with Crippen LogP contribution in [0.2, 0.25) is 0 Å². The van der Waals surface area contributed by atoms with Gasteiger partial charge in [-0.2, -0.15) is 0 Å². The quantitative estimate of drug-likeness (QED) is 0.745. The van der Waals surface area contributed by atoms with Crippen LogP contribution in [0, 0.1) is 11.3 Å². The molecule has 2 aliphatic rings. The maximum absolute atomic E-state index is 10.1. The molecule has 0 heterocycles. The van der Waals surface area contributed by atoms with Crippen molar-refractivity contribution in [2.75, 3.05) is 6.61 Å². The highest BCUT2D eigenvalue weighted by atomic mass is 16.5. The fourth-order valence-corrected chi connectivity index (χ4v) is 3.54. The second-order valence-corrected chi connectivity index (χ2v) is 6.44. The van der Waals surface area contributed by atoms with Gasteiger partial charge in [0.1, 0.15) is 0 Å². The highest BCUT2D eigenvalue weighted by Crippen LogP contribution is 2.53. The van der Waals surface area contributed by atoms with E-state index in [0.717, 1.165) is 18.9 Å². The first-order valence-electron chi connectivity index (χ1n) is 7.45. The van der Waals surface area contributed by atoms with E-state index < -0.39 is 0 Å². The summed E-state index contributed by atoms with van der Waals surface area (Å²) in [5.74, 6) is 0.772. The second-order valence-electron chi connectivity index (χ2n) is 6.44. The molecule has 0 radical (unpaired) electrons. The number of ether oxygens (including phenoxy) is 1. The Hall–Kier alpha value is -0.0800. The molecule has 1 N–H and O–H groups in total. The summed E-state index contributed by atoms with van der Waals surface area (Å²) < 4.78 is 6.03. The summed E-state index contributed by atoms with van der Waals surface area (Å²) in [5.41, 5.74) is 0.149. The SMILES string of the molecule is CC(C)CCCOC1CC(O)C12CCCCC2. The number of aliphatic hydroxyl groups is 1. The molecule has 0 aromatic heterocycles. The van der Waals surface area contributed by atoms with Crippen LogP contribution in [-0.2, 0) is 4.74 Å². The van der Waals surface area contributed by atoms with Gasteiger partial charge < -0.3 is 9.84 Å². The summed E-state index contributed by atoms with van der Waals surface area (Å²) in [5, 5.41) is 10.1. The van der Waals surface area contributed by atoms with Crippen molar-refractivity contribution < 1.29 is 9.84 Å². The lowest BCUT2D eigenvalue weighted by molar-refractivity contribution is -0.206. The summed E-state index contributed by atoms with van der Waals surface area (Å²) in [6.07, 6.45) is 9.83. The van der Waals surface area contributed by atoms with Crippen LogP contribution >= 0.6 is 0 Å². The van der Waals surface area contributed by atoms with E-state index in [4.69, 9.17) is 4.74 Å². The molecule has 0 saturated heterocycles. The Balaban J connectivity index is 1.73. The summed E-state index contributed by atoms with van der Waals surface area (Å²) in [6, 6.07) is 0. The third-order valence-corrected chi connectivity index (χ3v) is 4.77. The first-order chi connectivity index (χ1) is 8.15. The Morgan fingerprint density at radius 3 is 2.53 bits per heavy atom. The first kappa shape index (κ1) is 13.4. The van der Waals surface area contributed by atoms with E-state index in [-0.39, 0.29) is 11.5 Å². The molecule has 2 nitrogen and oxygen atoms in total. The highest BCUT2D eigenvalue weighted by molar-refractivity contribution is 5.05. The zero-order valence-corrected chi connectivity index (χ0v) is 11.5. The zero-order chi connectivity index (χ0) is 12.3. The van der Waals surface area contributed by atoms with E-state index in [2.05, 4.69) is 13.8 Å². The molecule has 2 unspecified atom stereocenters. The van der Waals surface area contributed by atoms with Crippen molar-refractivity contribution in [1.29, 1.82) is 0 Å². The van der Waals surface area contributed by atoms with Crippen molar-refractivity contribution in [1.82, 2.24) is 0 Å². The summed E-state index contributed by atoms with van der Waals surface area (Å²) in [4.78, 5) is 0. The van der Waals surface area contributed by atoms with Crippen molar-refractivity contribution in [2.24, 2.45) is 11.3 Å². The Kier molecular flexibility index (Phi) is 4.48. The molecule has 0 bridgehead atoms. The predicted molar refractivity (Wildman–Crippen MR) is 70.0 cm³/mol. The molecule has 2 atom stereocenters. The van der Waals surface area contributed by atoms with Crippen molar-refractivity contribution in [3.8, 4) is 0 Å². The van der Waals surface area contributed by atoms with Gasteiger partial charge in [-0.3, -0.25) is 0 Å². The fraction of sp³-hybridized carbons (Fsp3) is 1.00. The number of rotatable bonds is 5. The molecule has 0 amide bonds. The van der Waals surface area contributed by atoms with Gasteiger partial charge in [0.15, 0.2) is 0 Å². The topological polar surface area (TPSA) is 29.5 Å². The van der Waals surface area contributed by atoms with Gasteiger partial charge in [0.2, 0.25) is 0 Å². The van der Waals surface area contributed by atoms with E-state index >= 15 is 0 Å². The van der Waals surface area contributed by atoms with Gasteiger partial charge in [-0.25, -0.2) is 0 Å². The maximum atomic E-state index is 10.1. The molecule has 2 heteroatoms. The molecule has 0 aliphatic heterocycles. The minimum Gasteiger partial charge on any atom is -0.392 e. The largest absolute Gasteiger partial charge is 0.392 e. The lowest BCUT2D eigenvalue weighted by Crippen LogP contribution is -2.59. The van der Waals surface area contributed by atoms with Gasteiger partial charge in [-0.1, -0.05) is 33.1 Å². The Morgan fingerprint density at radius 1 is 1.24 bits per heavy atom. The summed E-state index contributed by atoms with van der Waals surface area (Å²) >= 11 is 0. The molecular formula is C15H28O2. The van der Waals surface area contributed by atoms with Gasteiger partial charge in [0, 0.05) is 18.4 Å². The second kappa shape index (κ2) is 5.71. The standard InChI is InChI=1S/C15H28O2/c1-12(2)7-6-10-17-14-11-13(16)15(14)8-4-3-5-9-15/h12-14,16H,3-11H2,1-2H3. The van der Waals surface area contributed by atoms with Crippen LogP contribution in [0.25, 0.3) is 0 Å². The van der Waals surface area contributed by atoms with Gasteiger partial charge >= 0.3 is 0 Å². The van der Waals surface area contributed by atoms with E-state index in [0.29, 0.717) is 6.10 Å². The third kappa shape index (κ3) is 2.85. The van der Waals surface area contributed by atoms with Crippen LogP contribution < -0.4 is 0 Å². The minimum atomic E-state index is -0.0853. The maximum Gasteiger partial charge on any atom is 0.0680 e. The number of aliphatic hydroxyl groups excluding tert-OH is 1. The summed E-state index contributed by atoms with van der Waals surface area (Å²) in [7, 11) is 0. The molecule has 2 fully saturated rings. The molecule has 1 spiro atoms. The molecule has 2 rings (SSSR count). The van der Waals surface area contributed by atoms with Crippen molar-refractivity contribution in [3.05, 3.63) is 0 Å². The normalized spacial score (nSPS) is 31.8. The lowest BCUT2D eigenvalue weighted by atomic mass is 9.56. The monoisotopic (exact) mass is 240 g/mol. The fourth-order valence-electron chi connectivity index (χ4n) is 3.54. The van der Waals surface area contributed by atoms with Crippen LogP contribution in [0.5, 0.6) is 0 Å². The Bertz CT molecular complexity index is 231. The molecule has 0 aromatic carbocycles. The molecule has 2 saturated carbocycles. The van der Waals surface area contributed by atoms with E-state index in [9.17, 15) is 5.11 Å². The van der Waals surface area contributed by atoms with Crippen molar-refractivity contribution in [2.45, 2.75) is 77.4 Å². The van der Waals surface area contributed by atoms with Gasteiger partial charge in [-0.05, 0) is 31.6 Å². The van der Waals surface area contributed by atoms with Crippen LogP contribution in [0.4, 0.5) is 0 Å². The smallest absolute Gasteiger partial charge is 0.0680 e. The lowest BCUT2D eigenvalue weighted by Gasteiger charge is -2.55. The van der Waals surface area contributed by atoms with Crippen molar-refractivity contribution >= 4 is 0 Å². The summed E-state index contributed by atoms with van der Waals surface area (Å²) in [6.45, 7) is 5.41. The van der Waals surface area contributed by atoms with Gasteiger partial charge in [0.05, 0.1) is 12.2 Å². The zero-order valence-electron chi connectivity index (χ0n) is 11.5. The van der Waals surface area contributed by atoms with E-state index in [1.807, 2.05) is 0 Å².